The molecule has 34 heavy (non-hydrogen) atoms. The Morgan fingerprint density at radius 1 is 0.912 bits per heavy atom. The number of hydrogen-bond donors (Lipinski definition) is 0. The van der Waals surface area contributed by atoms with E-state index >= 15 is 0 Å². The second-order valence-electron chi connectivity index (χ2n) is 9.47. The Balaban J connectivity index is 1.25. The summed E-state index contributed by atoms with van der Waals surface area (Å²) in [5.74, 6) is 2.22. The number of carbonyl (C=O) groups is 1. The van der Waals surface area contributed by atoms with Crippen molar-refractivity contribution in [2.45, 2.75) is 50.4 Å². The Kier molecular flexibility index (Phi) is 6.54. The summed E-state index contributed by atoms with van der Waals surface area (Å²) in [5.41, 5.74) is 1.63. The lowest BCUT2D eigenvalue weighted by Gasteiger charge is -2.36. The summed E-state index contributed by atoms with van der Waals surface area (Å²) in [6.45, 7) is 0.484. The number of para-hydroxylation sites is 2. The Bertz CT molecular complexity index is 1120. The maximum Gasteiger partial charge on any atom is 0.254 e. The van der Waals surface area contributed by atoms with Gasteiger partial charge in [-0.3, -0.25) is 4.79 Å². The molecule has 0 saturated carbocycles. The summed E-state index contributed by atoms with van der Waals surface area (Å²) in [4.78, 5) is 17.5. The van der Waals surface area contributed by atoms with Crippen LogP contribution in [0.5, 0.6) is 17.2 Å². The van der Waals surface area contributed by atoms with E-state index in [1.807, 2.05) is 73.8 Å². The van der Waals surface area contributed by atoms with Crippen molar-refractivity contribution in [2.24, 2.45) is 0 Å². The van der Waals surface area contributed by atoms with Crippen molar-refractivity contribution >= 4 is 5.91 Å². The van der Waals surface area contributed by atoms with E-state index in [1.165, 1.54) is 12.8 Å². The van der Waals surface area contributed by atoms with E-state index in [4.69, 9.17) is 9.47 Å². The fourth-order valence-corrected chi connectivity index (χ4v) is 5.25. The van der Waals surface area contributed by atoms with Crippen LogP contribution >= 0.6 is 0 Å². The number of benzene rings is 3. The molecule has 3 atom stereocenters. The first-order chi connectivity index (χ1) is 16.6. The van der Waals surface area contributed by atoms with Gasteiger partial charge in [0.2, 0.25) is 0 Å². The molecule has 2 heterocycles. The number of rotatable bonds is 7. The number of amides is 1. The van der Waals surface area contributed by atoms with Crippen LogP contribution in [0.15, 0.2) is 78.9 Å². The molecule has 0 spiro atoms. The van der Waals surface area contributed by atoms with Crippen LogP contribution in [0.3, 0.4) is 0 Å². The predicted molar refractivity (Wildman–Crippen MR) is 133 cm³/mol. The lowest BCUT2D eigenvalue weighted by atomic mass is 10.0. The average Bonchev–Trinajstić information content (AvgIpc) is 3.05. The summed E-state index contributed by atoms with van der Waals surface area (Å²) >= 11 is 0. The van der Waals surface area contributed by atoms with Crippen molar-refractivity contribution in [3.63, 3.8) is 0 Å². The molecule has 1 amide bonds. The molecule has 2 saturated heterocycles. The number of ether oxygens (including phenoxy) is 2. The molecule has 0 aliphatic carbocycles. The second-order valence-corrected chi connectivity index (χ2v) is 9.47. The molecular formula is C29H32N2O3. The Hall–Kier alpha value is -3.31. The molecule has 2 bridgehead atoms. The molecule has 0 radical (unpaired) electrons. The highest BCUT2D eigenvalue weighted by atomic mass is 16.5. The normalized spacial score (nSPS) is 21.8. The first-order valence-electron chi connectivity index (χ1n) is 12.1. The van der Waals surface area contributed by atoms with Gasteiger partial charge in [0.05, 0.1) is 0 Å². The van der Waals surface area contributed by atoms with E-state index in [2.05, 4.69) is 18.0 Å². The molecule has 2 fully saturated rings. The third-order valence-corrected chi connectivity index (χ3v) is 7.14. The quantitative estimate of drug-likeness (QED) is 0.454. The summed E-state index contributed by atoms with van der Waals surface area (Å²) in [6, 6.07) is 26.3. The summed E-state index contributed by atoms with van der Waals surface area (Å²) < 4.78 is 12.4. The highest BCUT2D eigenvalue weighted by Gasteiger charge is 2.39. The topological polar surface area (TPSA) is 42.0 Å². The molecule has 0 aromatic heterocycles. The first kappa shape index (κ1) is 22.5. The minimum Gasteiger partial charge on any atom is -0.490 e. The molecule has 5 heteroatoms. The molecule has 176 valence electrons. The Morgan fingerprint density at radius 3 is 2.35 bits per heavy atom. The van der Waals surface area contributed by atoms with Gasteiger partial charge in [0.1, 0.15) is 23.4 Å². The van der Waals surface area contributed by atoms with Gasteiger partial charge in [0.25, 0.3) is 5.91 Å². The third kappa shape index (κ3) is 4.95. The molecule has 5 rings (SSSR count). The van der Waals surface area contributed by atoms with Crippen molar-refractivity contribution in [3.05, 3.63) is 90.0 Å². The highest BCUT2D eigenvalue weighted by Crippen LogP contribution is 2.36. The van der Waals surface area contributed by atoms with Gasteiger partial charge in [-0.25, -0.2) is 0 Å². The summed E-state index contributed by atoms with van der Waals surface area (Å²) in [5, 5.41) is 0. The first-order valence-corrected chi connectivity index (χ1v) is 12.1. The molecule has 2 aliphatic rings. The summed E-state index contributed by atoms with van der Waals surface area (Å²) in [7, 11) is 4.08. The van der Waals surface area contributed by atoms with Gasteiger partial charge in [-0.15, -0.1) is 0 Å². The van der Waals surface area contributed by atoms with Crippen LogP contribution in [-0.4, -0.2) is 48.0 Å². The maximum absolute atomic E-state index is 13.2. The Morgan fingerprint density at radius 2 is 1.59 bits per heavy atom. The zero-order valence-corrected chi connectivity index (χ0v) is 19.9. The number of hydrogen-bond acceptors (Lipinski definition) is 4. The third-order valence-electron chi connectivity index (χ3n) is 7.14. The van der Waals surface area contributed by atoms with Gasteiger partial charge in [0.15, 0.2) is 0 Å². The van der Waals surface area contributed by atoms with Gasteiger partial charge >= 0.3 is 0 Å². The predicted octanol–water partition coefficient (Wildman–Crippen LogP) is 5.76. The van der Waals surface area contributed by atoms with Crippen LogP contribution in [0, 0.1) is 0 Å². The van der Waals surface area contributed by atoms with Crippen molar-refractivity contribution in [2.75, 3.05) is 14.1 Å². The number of piperidine rings is 1. The minimum atomic E-state index is -0.0503. The summed E-state index contributed by atoms with van der Waals surface area (Å²) in [6.07, 6.45) is 4.93. The van der Waals surface area contributed by atoms with E-state index in [-0.39, 0.29) is 12.0 Å². The van der Waals surface area contributed by atoms with E-state index in [9.17, 15) is 4.79 Å². The fraction of sp³-hybridized carbons (Fsp3) is 0.345. The number of nitrogens with zero attached hydrogens (tertiary/aromatic N) is 2. The van der Waals surface area contributed by atoms with E-state index < -0.39 is 0 Å². The van der Waals surface area contributed by atoms with Crippen LogP contribution in [0.25, 0.3) is 0 Å². The van der Waals surface area contributed by atoms with Gasteiger partial charge < -0.3 is 19.3 Å². The van der Waals surface area contributed by atoms with E-state index in [1.54, 1.807) is 11.0 Å². The molecule has 0 N–H and O–H groups in total. The zero-order valence-electron chi connectivity index (χ0n) is 19.9. The smallest absolute Gasteiger partial charge is 0.254 e. The van der Waals surface area contributed by atoms with Gasteiger partial charge in [0, 0.05) is 36.8 Å². The molecular weight excluding hydrogens is 424 g/mol. The maximum atomic E-state index is 13.2. The van der Waals surface area contributed by atoms with Crippen LogP contribution in [-0.2, 0) is 6.54 Å². The highest BCUT2D eigenvalue weighted by molar-refractivity contribution is 5.94. The minimum absolute atomic E-state index is 0.0503. The average molecular weight is 457 g/mol. The molecule has 1 unspecified atom stereocenters. The van der Waals surface area contributed by atoms with Crippen molar-refractivity contribution in [1.82, 2.24) is 9.80 Å². The fourth-order valence-electron chi connectivity index (χ4n) is 5.25. The molecule has 2 aliphatic heterocycles. The monoisotopic (exact) mass is 456 g/mol. The van der Waals surface area contributed by atoms with Crippen LogP contribution in [0.2, 0.25) is 0 Å². The van der Waals surface area contributed by atoms with Crippen LogP contribution in [0.1, 0.15) is 41.6 Å². The molecule has 5 nitrogen and oxygen atoms in total. The number of fused-ring (bicyclic) bond motifs is 2. The van der Waals surface area contributed by atoms with Crippen LogP contribution < -0.4 is 9.47 Å². The SMILES string of the molecule is CN(Cc1ccccc1OC1C[C@H]2CC[C@@H](C1)N2C)C(=O)c1cccc(Oc2ccccc2)c1. The van der Waals surface area contributed by atoms with E-state index in [0.717, 1.165) is 29.9 Å². The molecule has 3 aromatic rings. The van der Waals surface area contributed by atoms with Crippen molar-refractivity contribution < 1.29 is 14.3 Å². The van der Waals surface area contributed by atoms with E-state index in [0.29, 0.717) is 29.9 Å². The van der Waals surface area contributed by atoms with Crippen molar-refractivity contribution in [3.8, 4) is 17.2 Å². The van der Waals surface area contributed by atoms with Gasteiger partial charge in [-0.2, -0.15) is 0 Å². The van der Waals surface area contributed by atoms with Gasteiger partial charge in [-0.05, 0) is 69.1 Å². The Labute approximate surface area is 201 Å². The van der Waals surface area contributed by atoms with Gasteiger partial charge in [-0.1, -0.05) is 42.5 Å². The second kappa shape index (κ2) is 9.90. The number of carbonyl (C=O) groups excluding carboxylic acids is 1. The lowest BCUT2D eigenvalue weighted by molar-refractivity contribution is 0.0645. The standard InChI is InChI=1S/C29H32N2O3/c1-30(29(32)21-10-8-13-26(17-21)33-25-11-4-3-5-12-25)20-22-9-6-7-14-28(22)34-27-18-23-15-16-24(19-27)31(23)2/h3-14,17,23-24,27H,15-16,18-20H2,1-2H3/t23-,24+,27?. The van der Waals surface area contributed by atoms with Crippen LogP contribution in [0.4, 0.5) is 0 Å². The zero-order chi connectivity index (χ0) is 23.5. The lowest BCUT2D eigenvalue weighted by Crippen LogP contribution is -2.43. The van der Waals surface area contributed by atoms with Crippen molar-refractivity contribution in [1.29, 1.82) is 0 Å². The molecule has 3 aromatic carbocycles. The largest absolute Gasteiger partial charge is 0.490 e.